The molecule has 0 amide bonds. The minimum Gasteiger partial charge on any atom is -0.458 e. The predicted octanol–water partition coefficient (Wildman–Crippen LogP) is 0.775. The minimum absolute atomic E-state index is 0.143. The summed E-state index contributed by atoms with van der Waals surface area (Å²) < 4.78 is 4.55. The highest BCUT2D eigenvalue weighted by Crippen LogP contribution is 2.14. The van der Waals surface area contributed by atoms with Gasteiger partial charge in [-0.1, -0.05) is 0 Å². The molecule has 0 saturated heterocycles. The Hall–Kier alpha value is -0.860. The Labute approximate surface area is 60.4 Å². The van der Waals surface area contributed by atoms with E-state index in [2.05, 4.69) is 4.74 Å². The zero-order chi connectivity index (χ0) is 8.20. The summed E-state index contributed by atoms with van der Waals surface area (Å²) in [6.07, 6.45) is 0.559. The van der Waals surface area contributed by atoms with Gasteiger partial charge in [0.05, 0.1) is 5.41 Å². The lowest BCUT2D eigenvalue weighted by atomic mass is 9.97. The van der Waals surface area contributed by atoms with Gasteiger partial charge >= 0.3 is 5.97 Å². The van der Waals surface area contributed by atoms with Crippen molar-refractivity contribution in [3.63, 3.8) is 0 Å². The molecule has 0 atom stereocenters. The maximum atomic E-state index is 10.8. The van der Waals surface area contributed by atoms with Gasteiger partial charge in [-0.05, 0) is 20.8 Å². The average Bonchev–Trinajstić information content (AvgIpc) is 1.80. The van der Waals surface area contributed by atoms with Crippen LogP contribution in [0, 0.1) is 5.41 Å². The number of esters is 1. The van der Waals surface area contributed by atoms with Gasteiger partial charge in [-0.15, -0.1) is 0 Å². The van der Waals surface area contributed by atoms with Gasteiger partial charge in [-0.25, -0.2) is 0 Å². The van der Waals surface area contributed by atoms with Gasteiger partial charge in [0.25, 0.3) is 0 Å². The number of carbonyl (C=O) groups excluding carboxylic acids is 2. The molecular formula is C7H12O3. The van der Waals surface area contributed by atoms with Crippen molar-refractivity contribution in [3.05, 3.63) is 0 Å². The molecule has 10 heavy (non-hydrogen) atoms. The summed E-state index contributed by atoms with van der Waals surface area (Å²) >= 11 is 0. The van der Waals surface area contributed by atoms with Crippen LogP contribution in [0.15, 0.2) is 0 Å². The Morgan fingerprint density at radius 3 is 2.30 bits per heavy atom. The van der Waals surface area contributed by atoms with E-state index in [-0.39, 0.29) is 12.6 Å². The van der Waals surface area contributed by atoms with E-state index < -0.39 is 5.41 Å². The largest absolute Gasteiger partial charge is 0.458 e. The highest BCUT2D eigenvalue weighted by molar-refractivity contribution is 5.76. The second-order valence-electron chi connectivity index (χ2n) is 3.02. The average molecular weight is 144 g/mol. The summed E-state index contributed by atoms with van der Waals surface area (Å²) in [4.78, 5) is 20.6. The lowest BCUT2D eigenvalue weighted by molar-refractivity contribution is -0.154. The normalized spacial score (nSPS) is 10.7. The Bertz CT molecular complexity index is 132. The number of hydrogen-bond donors (Lipinski definition) is 0. The molecule has 3 nitrogen and oxygen atoms in total. The molecule has 0 aliphatic carbocycles. The molecule has 0 unspecified atom stereocenters. The van der Waals surface area contributed by atoms with Crippen molar-refractivity contribution in [2.45, 2.75) is 20.8 Å². The van der Waals surface area contributed by atoms with Gasteiger partial charge in [-0.3, -0.25) is 9.59 Å². The fraction of sp³-hybridized carbons (Fsp3) is 0.714. The first kappa shape index (κ1) is 9.14. The van der Waals surface area contributed by atoms with Crippen LogP contribution in [-0.4, -0.2) is 18.9 Å². The molecule has 0 bridgehead atoms. The number of aldehydes is 1. The minimum atomic E-state index is -0.511. The molecular weight excluding hydrogens is 132 g/mol. The van der Waals surface area contributed by atoms with E-state index in [0.717, 1.165) is 0 Å². The number of carbonyl (C=O) groups is 2. The van der Waals surface area contributed by atoms with Crippen LogP contribution < -0.4 is 0 Å². The molecule has 0 fully saturated rings. The monoisotopic (exact) mass is 144 g/mol. The summed E-state index contributed by atoms with van der Waals surface area (Å²) in [6, 6.07) is 0. The molecule has 3 heteroatoms. The zero-order valence-corrected chi connectivity index (χ0v) is 6.51. The van der Waals surface area contributed by atoms with Gasteiger partial charge in [0, 0.05) is 0 Å². The maximum absolute atomic E-state index is 10.8. The first-order valence-electron chi connectivity index (χ1n) is 3.09. The van der Waals surface area contributed by atoms with Crippen LogP contribution in [0.25, 0.3) is 0 Å². The first-order chi connectivity index (χ1) is 4.48. The molecule has 0 N–H and O–H groups in total. The van der Waals surface area contributed by atoms with Crippen LogP contribution in [0.4, 0.5) is 0 Å². The lowest BCUT2D eigenvalue weighted by Gasteiger charge is -2.14. The van der Waals surface area contributed by atoms with Gasteiger partial charge < -0.3 is 4.74 Å². The van der Waals surface area contributed by atoms with Crippen LogP contribution in [-0.2, 0) is 14.3 Å². The lowest BCUT2D eigenvalue weighted by Crippen LogP contribution is -2.23. The van der Waals surface area contributed by atoms with E-state index in [0.29, 0.717) is 6.29 Å². The smallest absolute Gasteiger partial charge is 0.311 e. The third kappa shape index (κ3) is 3.22. The zero-order valence-electron chi connectivity index (χ0n) is 6.51. The van der Waals surface area contributed by atoms with Crippen LogP contribution in [0.1, 0.15) is 20.8 Å². The van der Waals surface area contributed by atoms with Crippen LogP contribution in [0.2, 0.25) is 0 Å². The van der Waals surface area contributed by atoms with Crippen molar-refractivity contribution in [1.82, 2.24) is 0 Å². The van der Waals surface area contributed by atoms with E-state index in [1.807, 2.05) is 0 Å². The fourth-order valence-corrected chi connectivity index (χ4v) is 0.326. The molecule has 0 heterocycles. The van der Waals surface area contributed by atoms with Crippen molar-refractivity contribution in [2.75, 3.05) is 6.61 Å². The van der Waals surface area contributed by atoms with Gasteiger partial charge in [0.2, 0.25) is 0 Å². The summed E-state index contributed by atoms with van der Waals surface area (Å²) in [6.45, 7) is 5.07. The molecule has 0 radical (unpaired) electrons. The predicted molar refractivity (Wildman–Crippen MR) is 36.5 cm³/mol. The molecule has 0 saturated carbocycles. The van der Waals surface area contributed by atoms with E-state index in [1.165, 1.54) is 0 Å². The number of rotatable bonds is 2. The molecule has 0 aliphatic rings. The second kappa shape index (κ2) is 3.34. The summed E-state index contributed by atoms with van der Waals surface area (Å²) in [5.41, 5.74) is -0.511. The van der Waals surface area contributed by atoms with E-state index in [9.17, 15) is 9.59 Å². The third-order valence-electron chi connectivity index (χ3n) is 0.895. The molecule has 0 aliphatic heterocycles. The van der Waals surface area contributed by atoms with Crippen LogP contribution in [0.5, 0.6) is 0 Å². The molecule has 0 aromatic heterocycles. The maximum Gasteiger partial charge on any atom is 0.311 e. The van der Waals surface area contributed by atoms with Gasteiger partial charge in [0.1, 0.15) is 6.61 Å². The van der Waals surface area contributed by atoms with Gasteiger partial charge in [0.15, 0.2) is 6.29 Å². The third-order valence-corrected chi connectivity index (χ3v) is 0.895. The summed E-state index contributed by atoms with van der Waals surface area (Å²) in [7, 11) is 0. The molecule has 0 spiro atoms. The van der Waals surface area contributed by atoms with Crippen molar-refractivity contribution in [2.24, 2.45) is 5.41 Å². The van der Waals surface area contributed by atoms with Crippen molar-refractivity contribution in [1.29, 1.82) is 0 Å². The Morgan fingerprint density at radius 1 is 1.50 bits per heavy atom. The number of hydrogen-bond acceptors (Lipinski definition) is 3. The van der Waals surface area contributed by atoms with Crippen LogP contribution >= 0.6 is 0 Å². The molecule has 0 aromatic carbocycles. The van der Waals surface area contributed by atoms with Crippen molar-refractivity contribution < 1.29 is 14.3 Å². The SMILES string of the molecule is CC(C)(C)C(=O)OCC=O. The van der Waals surface area contributed by atoms with Gasteiger partial charge in [-0.2, -0.15) is 0 Å². The Morgan fingerprint density at radius 2 is 2.00 bits per heavy atom. The topological polar surface area (TPSA) is 43.4 Å². The summed E-state index contributed by atoms with van der Waals surface area (Å²) in [5, 5.41) is 0. The fourth-order valence-electron chi connectivity index (χ4n) is 0.326. The Kier molecular flexibility index (Phi) is 3.06. The van der Waals surface area contributed by atoms with Crippen molar-refractivity contribution >= 4 is 12.3 Å². The van der Waals surface area contributed by atoms with E-state index in [4.69, 9.17) is 0 Å². The molecule has 0 aromatic rings. The number of ether oxygens (including phenoxy) is 1. The summed E-state index contributed by atoms with van der Waals surface area (Å²) in [5.74, 6) is -0.348. The quantitative estimate of drug-likeness (QED) is 0.424. The van der Waals surface area contributed by atoms with Crippen molar-refractivity contribution in [3.8, 4) is 0 Å². The highest BCUT2D eigenvalue weighted by atomic mass is 16.5. The van der Waals surface area contributed by atoms with E-state index >= 15 is 0 Å². The molecule has 58 valence electrons. The standard InChI is InChI=1S/C7H12O3/c1-7(2,3)6(9)10-5-4-8/h4H,5H2,1-3H3. The molecule has 0 rings (SSSR count). The highest BCUT2D eigenvalue weighted by Gasteiger charge is 2.22. The van der Waals surface area contributed by atoms with Crippen LogP contribution in [0.3, 0.4) is 0 Å². The second-order valence-corrected chi connectivity index (χ2v) is 3.02. The van der Waals surface area contributed by atoms with E-state index in [1.54, 1.807) is 20.8 Å². The first-order valence-corrected chi connectivity index (χ1v) is 3.09. The Balaban J connectivity index is 3.74.